The van der Waals surface area contributed by atoms with Crippen LogP contribution in [0.4, 0.5) is 0 Å². The molecule has 4 heteroatoms. The number of carbonyl (C=O) groups excluding carboxylic acids is 2. The highest BCUT2D eigenvalue weighted by Crippen LogP contribution is 2.34. The largest absolute Gasteiger partial charge is 0.285 e. The first-order chi connectivity index (χ1) is 14.2. The van der Waals surface area contributed by atoms with E-state index in [-0.39, 0.29) is 0 Å². The summed E-state index contributed by atoms with van der Waals surface area (Å²) in [5.41, 5.74) is 2.66. The van der Waals surface area contributed by atoms with Crippen LogP contribution < -0.4 is 0 Å². The van der Waals surface area contributed by atoms with E-state index in [4.69, 9.17) is 4.84 Å². The molecule has 3 aromatic carbocycles. The molecule has 0 N–H and O–H groups in total. The number of hydrogen-bond donors (Lipinski definition) is 0. The van der Waals surface area contributed by atoms with Crippen LogP contribution in [-0.4, -0.2) is 16.9 Å². The first-order valence-corrected chi connectivity index (χ1v) is 9.57. The van der Waals surface area contributed by atoms with Crippen molar-refractivity contribution in [1.82, 2.24) is 5.06 Å². The molecule has 144 valence electrons. The minimum absolute atomic E-state index is 0.448. The lowest BCUT2D eigenvalue weighted by Gasteiger charge is -2.30. The summed E-state index contributed by atoms with van der Waals surface area (Å²) in [5.74, 6) is -0.896. The second kappa shape index (κ2) is 7.86. The zero-order valence-electron chi connectivity index (χ0n) is 16.3. The molecule has 1 atom stereocenters. The first kappa shape index (κ1) is 18.8. The van der Waals surface area contributed by atoms with Crippen LogP contribution in [0.15, 0.2) is 90.5 Å². The van der Waals surface area contributed by atoms with Gasteiger partial charge in [-0.05, 0) is 42.5 Å². The minimum Gasteiger partial charge on any atom is -0.266 e. The predicted molar refractivity (Wildman–Crippen MR) is 113 cm³/mol. The number of allylic oxidation sites excluding steroid dienone is 2. The summed E-state index contributed by atoms with van der Waals surface area (Å²) in [4.78, 5) is 32.5. The minimum atomic E-state index is -0.588. The maximum absolute atomic E-state index is 13.2. The average molecular weight is 383 g/mol. The lowest BCUT2D eigenvalue weighted by atomic mass is 9.95. The molecule has 0 spiro atoms. The van der Waals surface area contributed by atoms with Gasteiger partial charge >= 0.3 is 0 Å². The van der Waals surface area contributed by atoms with Gasteiger partial charge in [-0.1, -0.05) is 72.8 Å². The van der Waals surface area contributed by atoms with E-state index in [1.54, 1.807) is 12.1 Å². The van der Waals surface area contributed by atoms with Crippen molar-refractivity contribution in [3.8, 4) is 0 Å². The Bertz CT molecular complexity index is 1090. The molecular formula is C25H21NO3. The summed E-state index contributed by atoms with van der Waals surface area (Å²) in [7, 11) is 0. The number of hydrogen-bond acceptors (Lipinski definition) is 3. The highest BCUT2D eigenvalue weighted by Gasteiger charge is 2.36. The van der Waals surface area contributed by atoms with E-state index in [1.165, 1.54) is 0 Å². The van der Waals surface area contributed by atoms with Crippen molar-refractivity contribution in [2.45, 2.75) is 20.0 Å². The second-order valence-corrected chi connectivity index (χ2v) is 6.80. The molecule has 1 aliphatic heterocycles. The molecule has 0 radical (unpaired) electrons. The van der Waals surface area contributed by atoms with Gasteiger partial charge in [-0.2, -0.15) is 0 Å². The molecule has 0 aromatic heterocycles. The van der Waals surface area contributed by atoms with E-state index < -0.39 is 17.9 Å². The standard InChI is InChI=1S/C25H21NO3/c1-3-10-17(4-2)23(19-11-6-5-7-12-19)29-26-24(27)20-15-8-13-18-14-9-16-21(22(18)20)25(26)28/h3-16,23H,1-2H3/b10-3-,17-4+. The van der Waals surface area contributed by atoms with E-state index in [0.29, 0.717) is 16.5 Å². The quantitative estimate of drug-likeness (QED) is 0.424. The molecule has 1 heterocycles. The molecule has 0 saturated heterocycles. The van der Waals surface area contributed by atoms with Crippen molar-refractivity contribution in [2.75, 3.05) is 0 Å². The Morgan fingerprint density at radius 2 is 1.48 bits per heavy atom. The fourth-order valence-electron chi connectivity index (χ4n) is 3.68. The number of amides is 2. The molecule has 1 aliphatic rings. The number of hydroxylamine groups is 2. The topological polar surface area (TPSA) is 46.6 Å². The van der Waals surface area contributed by atoms with E-state index >= 15 is 0 Å². The maximum Gasteiger partial charge on any atom is 0.285 e. The third-order valence-corrected chi connectivity index (χ3v) is 5.04. The Hall–Kier alpha value is -3.50. The molecule has 0 saturated carbocycles. The Morgan fingerprint density at radius 3 is 2.03 bits per heavy atom. The highest BCUT2D eigenvalue weighted by molar-refractivity contribution is 6.24. The molecule has 0 bridgehead atoms. The average Bonchev–Trinajstić information content (AvgIpc) is 2.77. The van der Waals surface area contributed by atoms with Crippen LogP contribution >= 0.6 is 0 Å². The molecule has 2 amide bonds. The summed E-state index contributed by atoms with van der Waals surface area (Å²) in [6.07, 6.45) is 5.16. The Balaban J connectivity index is 1.79. The lowest BCUT2D eigenvalue weighted by molar-refractivity contribution is -0.124. The van der Waals surface area contributed by atoms with Gasteiger partial charge in [0.15, 0.2) is 0 Å². The number of imide groups is 1. The number of carbonyl (C=O) groups is 2. The zero-order chi connectivity index (χ0) is 20.4. The van der Waals surface area contributed by atoms with Crippen LogP contribution in [0.5, 0.6) is 0 Å². The van der Waals surface area contributed by atoms with E-state index in [1.807, 2.05) is 86.7 Å². The lowest BCUT2D eigenvalue weighted by Crippen LogP contribution is -2.41. The SMILES string of the molecule is C/C=C\C(=C/C)C(ON1C(=O)c2cccc3cccc(c23)C1=O)c1ccccc1. The van der Waals surface area contributed by atoms with Crippen molar-refractivity contribution in [3.63, 3.8) is 0 Å². The van der Waals surface area contributed by atoms with Gasteiger partial charge in [0.25, 0.3) is 11.8 Å². The van der Waals surface area contributed by atoms with Crippen LogP contribution in [-0.2, 0) is 4.84 Å². The molecular weight excluding hydrogens is 362 g/mol. The summed E-state index contributed by atoms with van der Waals surface area (Å²) in [5, 5.41) is 2.45. The van der Waals surface area contributed by atoms with Crippen LogP contribution in [0.1, 0.15) is 46.2 Å². The van der Waals surface area contributed by atoms with Gasteiger partial charge in [-0.3, -0.25) is 9.59 Å². The Kier molecular flexibility index (Phi) is 5.10. The molecule has 4 rings (SSSR count). The number of nitrogens with zero attached hydrogens (tertiary/aromatic N) is 1. The van der Waals surface area contributed by atoms with E-state index in [2.05, 4.69) is 0 Å². The van der Waals surface area contributed by atoms with Crippen LogP contribution in [0.2, 0.25) is 0 Å². The maximum atomic E-state index is 13.2. The van der Waals surface area contributed by atoms with Crippen LogP contribution in [0.3, 0.4) is 0 Å². The van der Waals surface area contributed by atoms with Crippen LogP contribution in [0.25, 0.3) is 10.8 Å². The fraction of sp³-hybridized carbons (Fsp3) is 0.120. The van der Waals surface area contributed by atoms with Gasteiger partial charge < -0.3 is 0 Å². The summed E-state index contributed by atoms with van der Waals surface area (Å²) < 4.78 is 0. The zero-order valence-corrected chi connectivity index (χ0v) is 16.3. The van der Waals surface area contributed by atoms with Crippen molar-refractivity contribution in [3.05, 3.63) is 107 Å². The van der Waals surface area contributed by atoms with E-state index in [9.17, 15) is 9.59 Å². The van der Waals surface area contributed by atoms with Gasteiger partial charge in [0.2, 0.25) is 0 Å². The fourth-order valence-corrected chi connectivity index (χ4v) is 3.68. The van der Waals surface area contributed by atoms with Crippen LogP contribution in [0, 0.1) is 0 Å². The highest BCUT2D eigenvalue weighted by atomic mass is 16.7. The van der Waals surface area contributed by atoms with Crippen molar-refractivity contribution in [1.29, 1.82) is 0 Å². The number of benzene rings is 3. The van der Waals surface area contributed by atoms with Crippen molar-refractivity contribution < 1.29 is 14.4 Å². The molecule has 4 nitrogen and oxygen atoms in total. The van der Waals surface area contributed by atoms with Crippen molar-refractivity contribution in [2.24, 2.45) is 0 Å². The van der Waals surface area contributed by atoms with Gasteiger partial charge in [0, 0.05) is 5.39 Å². The molecule has 29 heavy (non-hydrogen) atoms. The summed E-state index contributed by atoms with van der Waals surface area (Å²) in [6.45, 7) is 3.82. The normalized spacial score (nSPS) is 15.4. The molecule has 0 aliphatic carbocycles. The first-order valence-electron chi connectivity index (χ1n) is 9.57. The predicted octanol–water partition coefficient (Wildman–Crippen LogP) is 5.63. The molecule has 3 aromatic rings. The second-order valence-electron chi connectivity index (χ2n) is 6.80. The Labute approximate surface area is 169 Å². The van der Waals surface area contributed by atoms with Gasteiger partial charge in [0.05, 0.1) is 11.1 Å². The molecule has 1 unspecified atom stereocenters. The Morgan fingerprint density at radius 1 is 0.862 bits per heavy atom. The van der Waals surface area contributed by atoms with Gasteiger partial charge in [-0.15, -0.1) is 5.06 Å². The van der Waals surface area contributed by atoms with Gasteiger partial charge in [-0.25, -0.2) is 4.84 Å². The molecule has 0 fully saturated rings. The smallest absolute Gasteiger partial charge is 0.266 e. The van der Waals surface area contributed by atoms with Crippen molar-refractivity contribution >= 4 is 22.6 Å². The monoisotopic (exact) mass is 383 g/mol. The summed E-state index contributed by atoms with van der Waals surface area (Å²) >= 11 is 0. The van der Waals surface area contributed by atoms with E-state index in [0.717, 1.165) is 21.6 Å². The summed E-state index contributed by atoms with van der Waals surface area (Å²) in [6, 6.07) is 20.5. The van der Waals surface area contributed by atoms with Gasteiger partial charge in [0.1, 0.15) is 6.10 Å². The third kappa shape index (κ3) is 3.28. The third-order valence-electron chi connectivity index (χ3n) is 5.04. The number of rotatable bonds is 5.